The van der Waals surface area contributed by atoms with E-state index in [0.29, 0.717) is 30.7 Å². The van der Waals surface area contributed by atoms with Gasteiger partial charge in [-0.15, -0.1) is 11.8 Å². The lowest BCUT2D eigenvalue weighted by Gasteiger charge is -2.44. The van der Waals surface area contributed by atoms with Gasteiger partial charge in [0.05, 0.1) is 16.3 Å². The topological polar surface area (TPSA) is 78.0 Å². The first-order chi connectivity index (χ1) is 15.9. The van der Waals surface area contributed by atoms with Crippen LogP contribution in [0.5, 0.6) is 0 Å². The zero-order chi connectivity index (χ0) is 23.0. The van der Waals surface area contributed by atoms with Gasteiger partial charge in [-0.3, -0.25) is 9.59 Å². The maximum absolute atomic E-state index is 13.4. The Bertz CT molecular complexity index is 1020. The summed E-state index contributed by atoms with van der Waals surface area (Å²) in [5, 5.41) is 0. The van der Waals surface area contributed by atoms with Gasteiger partial charge < -0.3 is 9.80 Å². The van der Waals surface area contributed by atoms with Crippen LogP contribution in [0.25, 0.3) is 0 Å². The van der Waals surface area contributed by atoms with Crippen LogP contribution in [0, 0.1) is 5.92 Å². The number of hydrogen-bond donors (Lipinski definition) is 0. The molecule has 1 saturated carbocycles. The monoisotopic (exact) mass is 491 g/mol. The molecule has 5 rings (SSSR count). The van der Waals surface area contributed by atoms with Crippen LogP contribution in [0.4, 0.5) is 5.69 Å². The van der Waals surface area contributed by atoms with Gasteiger partial charge in [-0.1, -0.05) is 19.3 Å². The molecule has 0 bridgehead atoms. The van der Waals surface area contributed by atoms with Crippen molar-refractivity contribution in [3.63, 3.8) is 0 Å². The predicted octanol–water partition coefficient (Wildman–Crippen LogP) is 3.48. The van der Waals surface area contributed by atoms with Gasteiger partial charge in [0, 0.05) is 30.6 Å². The first-order valence-corrected chi connectivity index (χ1v) is 14.7. The van der Waals surface area contributed by atoms with Crippen LogP contribution in [0.3, 0.4) is 0 Å². The molecule has 2 saturated heterocycles. The third kappa shape index (κ3) is 4.56. The minimum absolute atomic E-state index is 0.0111. The van der Waals surface area contributed by atoms with E-state index in [4.69, 9.17) is 0 Å². The van der Waals surface area contributed by atoms with Crippen LogP contribution in [-0.4, -0.2) is 67.4 Å². The van der Waals surface area contributed by atoms with Crippen molar-refractivity contribution in [3.8, 4) is 0 Å². The lowest BCUT2D eigenvalue weighted by Crippen LogP contribution is -2.53. The number of hydrogen-bond acceptors (Lipinski definition) is 5. The van der Waals surface area contributed by atoms with Crippen molar-refractivity contribution in [2.75, 3.05) is 36.8 Å². The Morgan fingerprint density at radius 2 is 1.73 bits per heavy atom. The molecular formula is C24H33N3O4S2. The number of carbonyl (C=O) groups excluding carboxylic acids is 2. The lowest BCUT2D eigenvalue weighted by molar-refractivity contribution is -0.137. The van der Waals surface area contributed by atoms with E-state index in [1.807, 2.05) is 4.90 Å². The highest BCUT2D eigenvalue weighted by Gasteiger charge is 2.38. The average molecular weight is 492 g/mol. The van der Waals surface area contributed by atoms with Crippen molar-refractivity contribution in [2.24, 2.45) is 5.92 Å². The fraction of sp³-hybridized carbons (Fsp3) is 0.667. The second-order valence-corrected chi connectivity index (χ2v) is 12.7. The Balaban J connectivity index is 1.40. The summed E-state index contributed by atoms with van der Waals surface area (Å²) in [6, 6.07) is 5.33. The number of amides is 2. The van der Waals surface area contributed by atoms with Crippen molar-refractivity contribution >= 4 is 39.3 Å². The number of thioether (sulfide) groups is 1. The van der Waals surface area contributed by atoms with E-state index < -0.39 is 10.0 Å². The molecule has 3 fully saturated rings. The minimum Gasteiger partial charge on any atom is -0.338 e. The third-order valence-corrected chi connectivity index (χ3v) is 10.6. The van der Waals surface area contributed by atoms with Crippen LogP contribution >= 0.6 is 11.8 Å². The van der Waals surface area contributed by atoms with Gasteiger partial charge in [-0.05, 0) is 62.6 Å². The van der Waals surface area contributed by atoms with Gasteiger partial charge in [0.1, 0.15) is 6.54 Å². The number of carbonyl (C=O) groups is 2. The van der Waals surface area contributed by atoms with Crippen LogP contribution in [-0.2, 0) is 19.6 Å². The standard InChI is InChI=1S/C24H33N3O4S2/c28-23(26-14-6-8-18-7-2-3-9-20(18)26)16-27-21-15-19(10-11-22(21)32-17-24(27)29)33(30,31)25-12-4-1-5-13-25/h10-11,15,18,20H,1-9,12-14,16-17H2/t18-,20+/m0/s1. The molecule has 0 unspecified atom stereocenters. The molecule has 3 aliphatic heterocycles. The Kier molecular flexibility index (Phi) is 6.73. The number of rotatable bonds is 4. The smallest absolute Gasteiger partial charge is 0.243 e. The first kappa shape index (κ1) is 23.2. The molecule has 0 aromatic heterocycles. The molecule has 9 heteroatoms. The highest BCUT2D eigenvalue weighted by atomic mass is 32.2. The molecule has 0 radical (unpaired) electrons. The van der Waals surface area contributed by atoms with Crippen molar-refractivity contribution in [1.29, 1.82) is 0 Å². The summed E-state index contributed by atoms with van der Waals surface area (Å²) in [5.74, 6) is 0.704. The SMILES string of the molecule is O=C1CSc2ccc(S(=O)(=O)N3CCCCC3)cc2N1CC(=O)N1CCC[C@@H]2CCCC[C@H]21. The van der Waals surface area contributed by atoms with Gasteiger partial charge >= 0.3 is 0 Å². The number of benzene rings is 1. The molecule has 1 aliphatic carbocycles. The quantitative estimate of drug-likeness (QED) is 0.644. The van der Waals surface area contributed by atoms with E-state index in [9.17, 15) is 18.0 Å². The number of likely N-dealkylation sites (tertiary alicyclic amines) is 1. The van der Waals surface area contributed by atoms with E-state index in [1.54, 1.807) is 22.5 Å². The van der Waals surface area contributed by atoms with Crippen LogP contribution in [0.1, 0.15) is 57.8 Å². The summed E-state index contributed by atoms with van der Waals surface area (Å²) in [6.45, 7) is 1.81. The Labute approximate surface area is 200 Å². The number of piperidine rings is 2. The Morgan fingerprint density at radius 1 is 0.970 bits per heavy atom. The molecule has 0 spiro atoms. The molecule has 180 valence electrons. The van der Waals surface area contributed by atoms with Crippen molar-refractivity contribution < 1.29 is 18.0 Å². The minimum atomic E-state index is -3.61. The van der Waals surface area contributed by atoms with Gasteiger partial charge in [-0.2, -0.15) is 4.31 Å². The summed E-state index contributed by atoms with van der Waals surface area (Å²) >= 11 is 1.41. The lowest BCUT2D eigenvalue weighted by atomic mass is 9.78. The van der Waals surface area contributed by atoms with Gasteiger partial charge in [0.2, 0.25) is 21.8 Å². The van der Waals surface area contributed by atoms with E-state index in [2.05, 4.69) is 0 Å². The van der Waals surface area contributed by atoms with Crippen molar-refractivity contribution in [1.82, 2.24) is 9.21 Å². The first-order valence-electron chi connectivity index (χ1n) is 12.3. The molecular weight excluding hydrogens is 458 g/mol. The number of fused-ring (bicyclic) bond motifs is 2. The number of sulfonamides is 1. The summed E-state index contributed by atoms with van der Waals surface area (Å²) in [5.41, 5.74) is 0.555. The zero-order valence-corrected chi connectivity index (χ0v) is 20.7. The maximum Gasteiger partial charge on any atom is 0.243 e. The Hall–Kier alpha value is -1.58. The summed E-state index contributed by atoms with van der Waals surface area (Å²) < 4.78 is 28.0. The predicted molar refractivity (Wildman–Crippen MR) is 129 cm³/mol. The van der Waals surface area contributed by atoms with Crippen LogP contribution in [0.2, 0.25) is 0 Å². The van der Waals surface area contributed by atoms with Gasteiger partial charge in [-0.25, -0.2) is 8.42 Å². The molecule has 2 amide bonds. The van der Waals surface area contributed by atoms with E-state index >= 15 is 0 Å². The fourth-order valence-corrected chi connectivity index (χ4v) is 8.38. The molecule has 0 N–H and O–H groups in total. The molecule has 7 nitrogen and oxygen atoms in total. The second kappa shape index (κ2) is 9.58. The highest BCUT2D eigenvalue weighted by Crippen LogP contribution is 2.39. The van der Waals surface area contributed by atoms with E-state index in [1.165, 1.54) is 35.9 Å². The van der Waals surface area contributed by atoms with Gasteiger partial charge in [0.15, 0.2) is 0 Å². The third-order valence-electron chi connectivity index (χ3n) is 7.68. The Morgan fingerprint density at radius 3 is 2.55 bits per heavy atom. The van der Waals surface area contributed by atoms with E-state index in [-0.39, 0.29) is 29.0 Å². The number of nitrogens with zero attached hydrogens (tertiary/aromatic N) is 3. The molecule has 3 heterocycles. The maximum atomic E-state index is 13.4. The molecule has 33 heavy (non-hydrogen) atoms. The van der Waals surface area contributed by atoms with Crippen LogP contribution < -0.4 is 4.90 Å². The van der Waals surface area contributed by atoms with E-state index in [0.717, 1.165) is 50.0 Å². The average Bonchev–Trinajstić information content (AvgIpc) is 2.85. The largest absolute Gasteiger partial charge is 0.338 e. The van der Waals surface area contributed by atoms with Gasteiger partial charge in [0.25, 0.3) is 0 Å². The molecule has 2 atom stereocenters. The molecule has 4 aliphatic rings. The summed E-state index contributed by atoms with van der Waals surface area (Å²) in [6.07, 6.45) is 9.64. The fourth-order valence-electron chi connectivity index (χ4n) is 5.93. The zero-order valence-electron chi connectivity index (χ0n) is 19.1. The summed E-state index contributed by atoms with van der Waals surface area (Å²) in [4.78, 5) is 30.9. The molecule has 1 aromatic carbocycles. The van der Waals surface area contributed by atoms with Crippen molar-refractivity contribution in [3.05, 3.63) is 18.2 Å². The molecule has 1 aromatic rings. The summed E-state index contributed by atoms with van der Waals surface area (Å²) in [7, 11) is -3.61. The second-order valence-electron chi connectivity index (χ2n) is 9.70. The van der Waals surface area contributed by atoms with Crippen molar-refractivity contribution in [2.45, 2.75) is 73.6 Å². The van der Waals surface area contributed by atoms with Crippen LogP contribution in [0.15, 0.2) is 28.0 Å². The normalized spacial score (nSPS) is 26.6. The highest BCUT2D eigenvalue weighted by molar-refractivity contribution is 8.00. The number of anilines is 1.